The average Bonchev–Trinajstić information content (AvgIpc) is 3.25. The van der Waals surface area contributed by atoms with E-state index < -0.39 is 35.6 Å². The lowest BCUT2D eigenvalue weighted by atomic mass is 9.78. The molecule has 2 saturated heterocycles. The van der Waals surface area contributed by atoms with Crippen LogP contribution in [0.5, 0.6) is 0 Å². The van der Waals surface area contributed by atoms with E-state index in [1.807, 2.05) is 56.4 Å². The van der Waals surface area contributed by atoms with E-state index in [4.69, 9.17) is 9.47 Å². The van der Waals surface area contributed by atoms with Crippen LogP contribution >= 0.6 is 0 Å². The number of fused-ring (bicyclic) bond motifs is 2. The van der Waals surface area contributed by atoms with Gasteiger partial charge in [0.15, 0.2) is 0 Å². The number of hydrogen-bond donors (Lipinski definition) is 1. The molecule has 0 saturated carbocycles. The van der Waals surface area contributed by atoms with Gasteiger partial charge in [-0.3, -0.25) is 14.4 Å². The number of ether oxygens (including phenoxy) is 2. The SMILES string of the molecule is Cc1cccc(C)c1N1CC=C[C@]23O[C@@H]4/C=C\CCCOC(=O)[C@@H]4[C@H]2C(=O)N(CCCCO)C3C1=O. The van der Waals surface area contributed by atoms with Crippen molar-refractivity contribution in [2.45, 2.75) is 57.3 Å². The normalized spacial score (nSPS) is 32.7. The summed E-state index contributed by atoms with van der Waals surface area (Å²) < 4.78 is 12.2. The highest BCUT2D eigenvalue weighted by Gasteiger charge is 2.71. The van der Waals surface area contributed by atoms with Crippen LogP contribution in [-0.2, 0) is 23.9 Å². The summed E-state index contributed by atoms with van der Waals surface area (Å²) in [6.07, 6.45) is 9.44. The number of aryl methyl sites for hydroxylation is 2. The molecule has 4 aliphatic heterocycles. The molecule has 5 rings (SSSR count). The molecule has 1 N–H and O–H groups in total. The van der Waals surface area contributed by atoms with Gasteiger partial charge in [-0.15, -0.1) is 0 Å². The maximum atomic E-state index is 14.4. The van der Waals surface area contributed by atoms with Gasteiger partial charge in [0.1, 0.15) is 17.6 Å². The number of aliphatic hydroxyl groups excluding tert-OH is 1. The van der Waals surface area contributed by atoms with Gasteiger partial charge in [-0.2, -0.15) is 0 Å². The topological polar surface area (TPSA) is 96.4 Å². The Balaban J connectivity index is 1.61. The number of anilines is 1. The molecule has 192 valence electrons. The summed E-state index contributed by atoms with van der Waals surface area (Å²) in [5.74, 6) is -2.61. The fourth-order valence-corrected chi connectivity index (χ4v) is 6.32. The standard InChI is InChI=1S/C28H34N2O6/c1-18-10-8-11-19(2)23(18)29-15-9-13-28-22(21-20(36-28)12-4-3-7-17-35-27(21)34)25(32)30(14-5-6-16-31)24(28)26(29)33/h4,8-13,20-22,24,31H,3,5-7,14-17H2,1-2H3/b12-4-/t20-,21+,22+,24?,28+/m1/s1. The molecule has 0 radical (unpaired) electrons. The van der Waals surface area contributed by atoms with E-state index in [1.165, 1.54) is 0 Å². The highest BCUT2D eigenvalue weighted by molar-refractivity contribution is 6.06. The molecule has 0 bridgehead atoms. The number of benzene rings is 1. The molecule has 2 amide bonds. The van der Waals surface area contributed by atoms with Crippen molar-refractivity contribution in [1.82, 2.24) is 4.90 Å². The molecule has 8 heteroatoms. The smallest absolute Gasteiger partial charge is 0.312 e. The number of carbonyl (C=O) groups is 3. The first-order chi connectivity index (χ1) is 17.4. The number of esters is 1. The third kappa shape index (κ3) is 3.87. The van der Waals surface area contributed by atoms with Gasteiger partial charge >= 0.3 is 5.97 Å². The van der Waals surface area contributed by atoms with Gasteiger partial charge in [0, 0.05) is 25.4 Å². The number of hydrogen-bond acceptors (Lipinski definition) is 6. The highest BCUT2D eigenvalue weighted by Crippen LogP contribution is 2.53. The Morgan fingerprint density at radius 3 is 2.61 bits per heavy atom. The molecule has 0 aliphatic carbocycles. The summed E-state index contributed by atoms with van der Waals surface area (Å²) in [5.41, 5.74) is 1.50. The number of aliphatic hydroxyl groups is 1. The number of likely N-dealkylation sites (tertiary alicyclic amines) is 1. The lowest BCUT2D eigenvalue weighted by Crippen LogP contribution is -2.55. The summed E-state index contributed by atoms with van der Waals surface area (Å²) in [4.78, 5) is 44.9. The number of rotatable bonds is 5. The van der Waals surface area contributed by atoms with Crippen molar-refractivity contribution in [2.24, 2.45) is 11.8 Å². The molecule has 4 heterocycles. The summed E-state index contributed by atoms with van der Waals surface area (Å²) >= 11 is 0. The fourth-order valence-electron chi connectivity index (χ4n) is 6.32. The Bertz CT molecular complexity index is 1090. The molecular weight excluding hydrogens is 460 g/mol. The zero-order valence-corrected chi connectivity index (χ0v) is 20.9. The summed E-state index contributed by atoms with van der Waals surface area (Å²) in [6, 6.07) is 4.99. The Morgan fingerprint density at radius 2 is 1.86 bits per heavy atom. The second kappa shape index (κ2) is 9.82. The van der Waals surface area contributed by atoms with E-state index in [1.54, 1.807) is 9.80 Å². The van der Waals surface area contributed by atoms with Crippen molar-refractivity contribution in [3.63, 3.8) is 0 Å². The Morgan fingerprint density at radius 1 is 1.08 bits per heavy atom. The number of unbranched alkanes of at least 4 members (excludes halogenated alkanes) is 1. The van der Waals surface area contributed by atoms with Gasteiger partial charge < -0.3 is 24.4 Å². The van der Waals surface area contributed by atoms with E-state index in [-0.39, 0.29) is 18.4 Å². The van der Waals surface area contributed by atoms with E-state index in [0.29, 0.717) is 39.0 Å². The van der Waals surface area contributed by atoms with Gasteiger partial charge in [0.2, 0.25) is 5.91 Å². The number of allylic oxidation sites excluding steroid dienone is 1. The molecule has 1 aromatic rings. The zero-order valence-electron chi connectivity index (χ0n) is 20.9. The lowest BCUT2D eigenvalue weighted by molar-refractivity contribution is -0.154. The minimum Gasteiger partial charge on any atom is -0.465 e. The highest BCUT2D eigenvalue weighted by atomic mass is 16.6. The first-order valence-electron chi connectivity index (χ1n) is 12.9. The Kier molecular flexibility index (Phi) is 6.74. The first kappa shape index (κ1) is 24.7. The molecule has 1 unspecified atom stereocenters. The van der Waals surface area contributed by atoms with Gasteiger partial charge in [-0.25, -0.2) is 0 Å². The van der Waals surface area contributed by atoms with E-state index >= 15 is 0 Å². The molecule has 4 aliphatic rings. The molecule has 36 heavy (non-hydrogen) atoms. The van der Waals surface area contributed by atoms with Crippen LogP contribution in [0, 0.1) is 25.7 Å². The quantitative estimate of drug-likeness (QED) is 0.384. The minimum atomic E-state index is -1.27. The number of amides is 2. The molecule has 5 atom stereocenters. The van der Waals surface area contributed by atoms with Crippen LogP contribution in [0.2, 0.25) is 0 Å². The van der Waals surface area contributed by atoms with Crippen molar-refractivity contribution in [3.05, 3.63) is 53.6 Å². The van der Waals surface area contributed by atoms with Gasteiger partial charge in [-0.1, -0.05) is 42.5 Å². The van der Waals surface area contributed by atoms with Crippen molar-refractivity contribution in [1.29, 1.82) is 0 Å². The second-order valence-electron chi connectivity index (χ2n) is 10.1. The van der Waals surface area contributed by atoms with Crippen LogP contribution in [0.25, 0.3) is 0 Å². The largest absolute Gasteiger partial charge is 0.465 e. The minimum absolute atomic E-state index is 0.00195. The van der Waals surface area contributed by atoms with Crippen LogP contribution < -0.4 is 4.90 Å². The van der Waals surface area contributed by atoms with E-state index in [9.17, 15) is 19.5 Å². The molecule has 1 aromatic carbocycles. The van der Waals surface area contributed by atoms with E-state index in [2.05, 4.69) is 0 Å². The summed E-state index contributed by atoms with van der Waals surface area (Å²) in [6.45, 7) is 4.88. The Labute approximate surface area is 211 Å². The van der Waals surface area contributed by atoms with Crippen LogP contribution in [0.15, 0.2) is 42.5 Å². The third-order valence-corrected chi connectivity index (χ3v) is 7.87. The molecule has 8 nitrogen and oxygen atoms in total. The van der Waals surface area contributed by atoms with Crippen molar-refractivity contribution in [3.8, 4) is 0 Å². The van der Waals surface area contributed by atoms with Crippen LogP contribution in [0.3, 0.4) is 0 Å². The van der Waals surface area contributed by atoms with Gasteiger partial charge in [-0.05, 0) is 50.7 Å². The maximum absolute atomic E-state index is 14.4. The molecule has 0 aromatic heterocycles. The van der Waals surface area contributed by atoms with Crippen LogP contribution in [0.4, 0.5) is 5.69 Å². The first-order valence-corrected chi connectivity index (χ1v) is 12.9. The van der Waals surface area contributed by atoms with Crippen LogP contribution in [-0.4, -0.2) is 71.8 Å². The van der Waals surface area contributed by atoms with Gasteiger partial charge in [0.05, 0.1) is 18.6 Å². The maximum Gasteiger partial charge on any atom is 0.312 e. The molecule has 2 fully saturated rings. The third-order valence-electron chi connectivity index (χ3n) is 7.87. The number of nitrogens with zero attached hydrogens (tertiary/aromatic N) is 2. The Hall–Kier alpha value is -2.97. The average molecular weight is 495 g/mol. The second-order valence-corrected chi connectivity index (χ2v) is 10.1. The van der Waals surface area contributed by atoms with E-state index in [0.717, 1.165) is 23.2 Å². The van der Waals surface area contributed by atoms with Gasteiger partial charge in [0.25, 0.3) is 5.91 Å². The zero-order chi connectivity index (χ0) is 25.4. The van der Waals surface area contributed by atoms with Crippen molar-refractivity contribution < 1.29 is 29.0 Å². The number of para-hydroxylation sites is 1. The predicted octanol–water partition coefficient (Wildman–Crippen LogP) is 2.45. The fraction of sp³-hybridized carbons (Fsp3) is 0.536. The monoisotopic (exact) mass is 494 g/mol. The number of cyclic esters (lactones) is 1. The summed E-state index contributed by atoms with van der Waals surface area (Å²) in [5, 5.41) is 9.34. The van der Waals surface area contributed by atoms with Crippen molar-refractivity contribution in [2.75, 3.05) is 31.2 Å². The van der Waals surface area contributed by atoms with Crippen molar-refractivity contribution >= 4 is 23.5 Å². The number of carbonyl (C=O) groups excluding carboxylic acids is 3. The summed E-state index contributed by atoms with van der Waals surface area (Å²) in [7, 11) is 0. The predicted molar refractivity (Wildman–Crippen MR) is 133 cm³/mol. The van der Waals surface area contributed by atoms with Crippen LogP contribution in [0.1, 0.15) is 36.8 Å². The molecule has 1 spiro atoms. The molecular formula is C28H34N2O6. The lowest BCUT2D eigenvalue weighted by Gasteiger charge is -2.36.